The molecule has 2 heterocycles. The fraction of sp³-hybridized carbons (Fsp3) is 0.600. The highest BCUT2D eigenvalue weighted by atomic mass is 32.1. The fourth-order valence-corrected chi connectivity index (χ4v) is 3.21. The van der Waals surface area contributed by atoms with Crippen molar-refractivity contribution < 1.29 is 9.59 Å². The number of carbonyl (C=O) groups is 2. The first-order chi connectivity index (χ1) is 10.1. The first kappa shape index (κ1) is 15.8. The summed E-state index contributed by atoms with van der Waals surface area (Å²) in [5.41, 5.74) is 0. The second-order valence-electron chi connectivity index (χ2n) is 5.50. The van der Waals surface area contributed by atoms with Crippen molar-refractivity contribution in [1.29, 1.82) is 0 Å². The molecule has 2 unspecified atom stereocenters. The van der Waals surface area contributed by atoms with Crippen LogP contribution < -0.4 is 10.6 Å². The second-order valence-corrected chi connectivity index (χ2v) is 6.54. The van der Waals surface area contributed by atoms with Crippen molar-refractivity contribution in [2.45, 2.75) is 51.7 Å². The second kappa shape index (κ2) is 7.45. The number of likely N-dealkylation sites (tertiary alicyclic amines) is 1. The number of piperidine rings is 1. The van der Waals surface area contributed by atoms with Crippen molar-refractivity contribution >= 4 is 23.3 Å². The Morgan fingerprint density at radius 2 is 2.29 bits per heavy atom. The molecule has 1 aliphatic rings. The maximum Gasteiger partial charge on any atom is 0.315 e. The SMILES string of the molecule is CC(NC(=O)NCc1cccs1)C(=O)N1CCCCC1C. The van der Waals surface area contributed by atoms with Crippen LogP contribution in [-0.4, -0.2) is 35.5 Å². The third-order valence-corrected chi connectivity index (χ3v) is 4.68. The smallest absolute Gasteiger partial charge is 0.315 e. The van der Waals surface area contributed by atoms with Gasteiger partial charge >= 0.3 is 6.03 Å². The van der Waals surface area contributed by atoms with Gasteiger partial charge in [-0.05, 0) is 44.6 Å². The molecule has 0 spiro atoms. The standard InChI is InChI=1S/C15H23N3O2S/c1-11-6-3-4-8-18(11)14(19)12(2)17-15(20)16-10-13-7-5-9-21-13/h5,7,9,11-12H,3-4,6,8,10H2,1-2H3,(H2,16,17,20). The van der Waals surface area contributed by atoms with Gasteiger partial charge in [-0.1, -0.05) is 6.07 Å². The summed E-state index contributed by atoms with van der Waals surface area (Å²) >= 11 is 1.60. The van der Waals surface area contributed by atoms with Crippen LogP contribution in [0, 0.1) is 0 Å². The third-order valence-electron chi connectivity index (χ3n) is 3.81. The van der Waals surface area contributed by atoms with E-state index in [1.165, 1.54) is 6.42 Å². The lowest BCUT2D eigenvalue weighted by atomic mass is 10.0. The van der Waals surface area contributed by atoms with Crippen LogP contribution in [0.5, 0.6) is 0 Å². The molecule has 3 amide bonds. The van der Waals surface area contributed by atoms with Crippen LogP contribution in [0.25, 0.3) is 0 Å². The van der Waals surface area contributed by atoms with Crippen molar-refractivity contribution in [3.8, 4) is 0 Å². The fourth-order valence-electron chi connectivity index (χ4n) is 2.56. The lowest BCUT2D eigenvalue weighted by Crippen LogP contribution is -2.53. The molecule has 116 valence electrons. The minimum atomic E-state index is -0.492. The van der Waals surface area contributed by atoms with E-state index in [0.717, 1.165) is 24.3 Å². The summed E-state index contributed by atoms with van der Waals surface area (Å²) in [5.74, 6) is 0.00785. The van der Waals surface area contributed by atoms with Crippen LogP contribution in [0.1, 0.15) is 38.0 Å². The van der Waals surface area contributed by atoms with Gasteiger partial charge in [-0.2, -0.15) is 0 Å². The zero-order valence-corrected chi connectivity index (χ0v) is 13.4. The van der Waals surface area contributed by atoms with E-state index in [9.17, 15) is 9.59 Å². The topological polar surface area (TPSA) is 61.4 Å². The van der Waals surface area contributed by atoms with Gasteiger partial charge in [0.25, 0.3) is 0 Å². The summed E-state index contributed by atoms with van der Waals surface area (Å²) in [6, 6.07) is 3.39. The van der Waals surface area contributed by atoms with Crippen LogP contribution >= 0.6 is 11.3 Å². The zero-order valence-electron chi connectivity index (χ0n) is 12.6. The molecular formula is C15H23N3O2S. The Bertz CT molecular complexity index is 475. The van der Waals surface area contributed by atoms with Gasteiger partial charge in [0.05, 0.1) is 6.54 Å². The Morgan fingerprint density at radius 3 is 2.95 bits per heavy atom. The first-order valence-electron chi connectivity index (χ1n) is 7.45. The molecule has 0 aromatic carbocycles. The number of urea groups is 1. The maximum atomic E-state index is 12.4. The molecule has 2 N–H and O–H groups in total. The summed E-state index contributed by atoms with van der Waals surface area (Å²) < 4.78 is 0. The van der Waals surface area contributed by atoms with Gasteiger partial charge in [0.1, 0.15) is 6.04 Å². The van der Waals surface area contributed by atoms with Gasteiger partial charge < -0.3 is 15.5 Å². The molecule has 5 nitrogen and oxygen atoms in total. The van der Waals surface area contributed by atoms with Crippen LogP contribution in [0.4, 0.5) is 4.79 Å². The van der Waals surface area contributed by atoms with Gasteiger partial charge in [-0.15, -0.1) is 11.3 Å². The summed E-state index contributed by atoms with van der Waals surface area (Å²) in [4.78, 5) is 27.2. The number of nitrogens with zero attached hydrogens (tertiary/aromatic N) is 1. The van der Waals surface area contributed by atoms with Crippen molar-refractivity contribution in [3.63, 3.8) is 0 Å². The van der Waals surface area contributed by atoms with E-state index >= 15 is 0 Å². The van der Waals surface area contributed by atoms with E-state index in [4.69, 9.17) is 0 Å². The molecule has 21 heavy (non-hydrogen) atoms. The highest BCUT2D eigenvalue weighted by molar-refractivity contribution is 7.09. The van der Waals surface area contributed by atoms with E-state index in [0.29, 0.717) is 6.54 Å². The summed E-state index contributed by atoms with van der Waals surface area (Å²) in [7, 11) is 0. The molecule has 2 atom stereocenters. The molecular weight excluding hydrogens is 286 g/mol. The van der Waals surface area contributed by atoms with E-state index in [1.807, 2.05) is 22.4 Å². The Kier molecular flexibility index (Phi) is 5.61. The van der Waals surface area contributed by atoms with Crippen molar-refractivity contribution in [1.82, 2.24) is 15.5 Å². The number of carbonyl (C=O) groups excluding carboxylic acids is 2. The Hall–Kier alpha value is -1.56. The minimum absolute atomic E-state index is 0.00785. The Morgan fingerprint density at radius 1 is 1.48 bits per heavy atom. The predicted molar refractivity (Wildman–Crippen MR) is 84.2 cm³/mol. The largest absolute Gasteiger partial charge is 0.338 e. The molecule has 1 aromatic rings. The molecule has 1 aromatic heterocycles. The van der Waals surface area contributed by atoms with Crippen LogP contribution in [0.3, 0.4) is 0 Å². The molecule has 2 rings (SSSR count). The van der Waals surface area contributed by atoms with Crippen LogP contribution in [0.15, 0.2) is 17.5 Å². The first-order valence-corrected chi connectivity index (χ1v) is 8.33. The molecule has 0 bridgehead atoms. The monoisotopic (exact) mass is 309 g/mol. The molecule has 6 heteroatoms. The van der Waals surface area contributed by atoms with E-state index in [-0.39, 0.29) is 18.0 Å². The Labute approximate surface area is 129 Å². The number of hydrogen-bond acceptors (Lipinski definition) is 3. The minimum Gasteiger partial charge on any atom is -0.338 e. The van der Waals surface area contributed by atoms with Crippen molar-refractivity contribution in [2.75, 3.05) is 6.54 Å². The normalized spacial score (nSPS) is 19.9. The molecule has 1 fully saturated rings. The third kappa shape index (κ3) is 4.46. The van der Waals surface area contributed by atoms with E-state index in [1.54, 1.807) is 18.3 Å². The number of hydrogen-bond donors (Lipinski definition) is 2. The van der Waals surface area contributed by atoms with Gasteiger partial charge in [0, 0.05) is 17.5 Å². The molecule has 0 saturated carbocycles. The quantitative estimate of drug-likeness (QED) is 0.897. The average Bonchev–Trinajstić information content (AvgIpc) is 2.98. The maximum absolute atomic E-state index is 12.4. The number of thiophene rings is 1. The van der Waals surface area contributed by atoms with E-state index < -0.39 is 6.04 Å². The zero-order chi connectivity index (χ0) is 15.2. The number of amides is 3. The average molecular weight is 309 g/mol. The molecule has 1 aliphatic heterocycles. The highest BCUT2D eigenvalue weighted by Crippen LogP contribution is 2.17. The van der Waals surface area contributed by atoms with Gasteiger partial charge in [-0.3, -0.25) is 4.79 Å². The summed E-state index contributed by atoms with van der Waals surface area (Å²) in [6.07, 6.45) is 3.27. The number of nitrogens with one attached hydrogen (secondary N) is 2. The van der Waals surface area contributed by atoms with Crippen molar-refractivity contribution in [2.24, 2.45) is 0 Å². The lowest BCUT2D eigenvalue weighted by Gasteiger charge is -2.35. The van der Waals surface area contributed by atoms with Gasteiger partial charge in [0.2, 0.25) is 5.91 Å². The molecule has 0 aliphatic carbocycles. The lowest BCUT2D eigenvalue weighted by molar-refractivity contribution is -0.136. The van der Waals surface area contributed by atoms with Crippen LogP contribution in [0.2, 0.25) is 0 Å². The molecule has 0 radical (unpaired) electrons. The molecule has 1 saturated heterocycles. The Balaban J connectivity index is 1.78. The van der Waals surface area contributed by atoms with Crippen molar-refractivity contribution in [3.05, 3.63) is 22.4 Å². The van der Waals surface area contributed by atoms with Gasteiger partial charge in [-0.25, -0.2) is 4.79 Å². The summed E-state index contributed by atoms with van der Waals surface area (Å²) in [6.45, 7) is 5.10. The predicted octanol–water partition coefficient (Wildman–Crippen LogP) is 2.34. The van der Waals surface area contributed by atoms with E-state index in [2.05, 4.69) is 17.6 Å². The number of rotatable bonds is 4. The van der Waals surface area contributed by atoms with Gasteiger partial charge in [0.15, 0.2) is 0 Å². The highest BCUT2D eigenvalue weighted by Gasteiger charge is 2.27. The summed E-state index contributed by atoms with van der Waals surface area (Å²) in [5, 5.41) is 7.47. The van der Waals surface area contributed by atoms with Crippen LogP contribution in [-0.2, 0) is 11.3 Å².